The summed E-state index contributed by atoms with van der Waals surface area (Å²) >= 11 is 6.51. The van der Waals surface area contributed by atoms with Crippen LogP contribution in [0, 0.1) is 5.92 Å². The third-order valence-corrected chi connectivity index (χ3v) is 5.73. The number of halogens is 1. The number of fused-ring (bicyclic) bond motifs is 2. The molecule has 148 valence electrons. The zero-order valence-corrected chi connectivity index (χ0v) is 16.1. The predicted molar refractivity (Wildman–Crippen MR) is 108 cm³/mol. The van der Waals surface area contributed by atoms with E-state index < -0.39 is 5.97 Å². The maximum Gasteiger partial charge on any atom is 0.306 e. The normalized spacial score (nSPS) is 19.6. The fourth-order valence-corrected chi connectivity index (χ4v) is 4.15. The predicted octanol–water partition coefficient (Wildman–Crippen LogP) is 4.18. The Labute approximate surface area is 170 Å². The van der Waals surface area contributed by atoms with Crippen molar-refractivity contribution in [3.8, 4) is 17.3 Å². The molecule has 29 heavy (non-hydrogen) atoms. The second-order valence-corrected chi connectivity index (χ2v) is 7.70. The number of aromatic nitrogens is 5. The van der Waals surface area contributed by atoms with Crippen LogP contribution in [0.25, 0.3) is 33.3 Å². The van der Waals surface area contributed by atoms with E-state index in [1.165, 1.54) is 0 Å². The quantitative estimate of drug-likeness (QED) is 0.463. The van der Waals surface area contributed by atoms with Gasteiger partial charge < -0.3 is 9.84 Å². The number of imidazole rings is 1. The van der Waals surface area contributed by atoms with Gasteiger partial charge in [-0.15, -0.1) is 0 Å². The molecule has 0 amide bonds. The molecule has 0 spiro atoms. The number of rotatable bonds is 4. The molecule has 0 aliphatic heterocycles. The van der Waals surface area contributed by atoms with Crippen molar-refractivity contribution in [2.75, 3.05) is 0 Å². The Bertz CT molecular complexity index is 1210. The molecule has 0 atom stereocenters. The summed E-state index contributed by atoms with van der Waals surface area (Å²) in [5, 5.41) is 17.6. The molecule has 1 fully saturated rings. The molecule has 1 aliphatic carbocycles. The van der Waals surface area contributed by atoms with E-state index in [0.717, 1.165) is 16.5 Å². The van der Waals surface area contributed by atoms with Crippen molar-refractivity contribution in [1.29, 1.82) is 0 Å². The maximum atomic E-state index is 11.1. The molecule has 0 bridgehead atoms. The number of carbonyl (C=O) groups is 1. The van der Waals surface area contributed by atoms with Gasteiger partial charge in [0.2, 0.25) is 0 Å². The van der Waals surface area contributed by atoms with Gasteiger partial charge in [-0.3, -0.25) is 14.9 Å². The summed E-state index contributed by atoms with van der Waals surface area (Å²) in [6.07, 6.45) is 4.31. The van der Waals surface area contributed by atoms with E-state index in [9.17, 15) is 4.79 Å². The molecule has 0 unspecified atom stereocenters. The van der Waals surface area contributed by atoms with Gasteiger partial charge in [-0.2, -0.15) is 10.1 Å². The van der Waals surface area contributed by atoms with Gasteiger partial charge in [0.05, 0.1) is 28.3 Å². The maximum absolute atomic E-state index is 11.1. The van der Waals surface area contributed by atoms with Crippen molar-refractivity contribution in [3.05, 3.63) is 35.5 Å². The van der Waals surface area contributed by atoms with Gasteiger partial charge in [0, 0.05) is 10.9 Å². The first-order chi connectivity index (χ1) is 14.1. The summed E-state index contributed by atoms with van der Waals surface area (Å²) in [6.45, 7) is 0. The average Bonchev–Trinajstić information content (AvgIpc) is 3.33. The topological polar surface area (TPSA) is 117 Å². The molecule has 1 aromatic carbocycles. The van der Waals surface area contributed by atoms with E-state index in [-0.39, 0.29) is 12.0 Å². The summed E-state index contributed by atoms with van der Waals surface area (Å²) in [5.74, 6) is -1.01. The van der Waals surface area contributed by atoms with E-state index in [1.54, 1.807) is 12.3 Å². The Morgan fingerprint density at radius 1 is 1.21 bits per heavy atom. The second kappa shape index (κ2) is 7.04. The van der Waals surface area contributed by atoms with Crippen LogP contribution in [0.15, 0.2) is 30.5 Å². The molecule has 3 aromatic heterocycles. The highest BCUT2D eigenvalue weighted by molar-refractivity contribution is 6.34. The number of nitrogens with one attached hydrogen (secondary N) is 2. The molecule has 0 radical (unpaired) electrons. The van der Waals surface area contributed by atoms with E-state index in [1.807, 2.05) is 18.2 Å². The highest BCUT2D eigenvalue weighted by Crippen LogP contribution is 2.34. The van der Waals surface area contributed by atoms with Crippen LogP contribution in [-0.4, -0.2) is 42.3 Å². The van der Waals surface area contributed by atoms with Crippen molar-refractivity contribution in [1.82, 2.24) is 25.1 Å². The first-order valence-electron chi connectivity index (χ1n) is 9.46. The number of H-pyrrole nitrogens is 2. The molecule has 0 saturated heterocycles. The summed E-state index contributed by atoms with van der Waals surface area (Å²) in [4.78, 5) is 23.3. The number of benzene rings is 1. The third kappa shape index (κ3) is 3.29. The Morgan fingerprint density at radius 2 is 2.03 bits per heavy atom. The molecular weight excluding hydrogens is 394 g/mol. The third-order valence-electron chi connectivity index (χ3n) is 5.44. The molecule has 3 heterocycles. The molecule has 1 saturated carbocycles. The lowest BCUT2D eigenvalue weighted by Gasteiger charge is -2.25. The highest BCUT2D eigenvalue weighted by atomic mass is 35.5. The summed E-state index contributed by atoms with van der Waals surface area (Å²) in [5.41, 5.74) is 3.63. The minimum Gasteiger partial charge on any atom is -0.481 e. The Hall–Kier alpha value is -3.13. The van der Waals surface area contributed by atoms with E-state index >= 15 is 0 Å². The van der Waals surface area contributed by atoms with Crippen LogP contribution >= 0.6 is 11.6 Å². The van der Waals surface area contributed by atoms with Crippen molar-refractivity contribution >= 4 is 39.6 Å². The number of carboxylic acids is 1. The van der Waals surface area contributed by atoms with Gasteiger partial charge in [-0.05, 0) is 37.8 Å². The van der Waals surface area contributed by atoms with Crippen molar-refractivity contribution in [3.63, 3.8) is 0 Å². The van der Waals surface area contributed by atoms with Gasteiger partial charge in [-0.1, -0.05) is 23.7 Å². The number of pyridine rings is 1. The van der Waals surface area contributed by atoms with E-state index in [0.29, 0.717) is 53.6 Å². The number of carboxylic acid groups (broad SMARTS) is 1. The Kier molecular flexibility index (Phi) is 4.35. The van der Waals surface area contributed by atoms with E-state index in [2.05, 4.69) is 25.1 Å². The number of ether oxygens (including phenoxy) is 1. The van der Waals surface area contributed by atoms with Gasteiger partial charge in [-0.25, -0.2) is 4.98 Å². The Balaban J connectivity index is 1.43. The highest BCUT2D eigenvalue weighted by Gasteiger charge is 2.27. The molecule has 9 heteroatoms. The number of aromatic amines is 2. The van der Waals surface area contributed by atoms with Gasteiger partial charge in [0.15, 0.2) is 5.65 Å². The first-order valence-corrected chi connectivity index (χ1v) is 9.84. The molecule has 3 N–H and O–H groups in total. The van der Waals surface area contributed by atoms with Crippen LogP contribution in [-0.2, 0) is 4.79 Å². The first kappa shape index (κ1) is 17.9. The summed E-state index contributed by atoms with van der Waals surface area (Å²) < 4.78 is 5.95. The van der Waals surface area contributed by atoms with Crippen LogP contribution in [0.4, 0.5) is 0 Å². The standard InChI is InChI=1S/C20H18ClN5O3/c21-14-8-16-18(24-17(14)12-2-1-3-15-13(12)9-22-26-15)25-20(23-16)29-11-6-4-10(5-7-11)19(27)28/h1-3,8-11H,4-7H2,(H,22,26)(H,27,28)(H,23,24,25)/t10-,11-. The summed E-state index contributed by atoms with van der Waals surface area (Å²) in [6, 6.07) is 7.96. The molecule has 5 rings (SSSR count). The van der Waals surface area contributed by atoms with Crippen LogP contribution in [0.2, 0.25) is 5.02 Å². The largest absolute Gasteiger partial charge is 0.481 e. The number of aliphatic carboxylic acids is 1. The molecule has 1 aliphatic rings. The van der Waals surface area contributed by atoms with Crippen molar-refractivity contribution in [2.45, 2.75) is 31.8 Å². The van der Waals surface area contributed by atoms with Gasteiger partial charge in [0.25, 0.3) is 6.01 Å². The monoisotopic (exact) mass is 411 g/mol. The molecule has 8 nitrogen and oxygen atoms in total. The number of hydrogen-bond donors (Lipinski definition) is 3. The zero-order chi connectivity index (χ0) is 20.0. The SMILES string of the molecule is O=C(O)[C@H]1CC[C@H](Oc2nc3cc(Cl)c(-c4cccc5[nH]ncc45)nc3[nH]2)CC1. The average molecular weight is 412 g/mol. The number of hydrogen-bond acceptors (Lipinski definition) is 5. The van der Waals surface area contributed by atoms with Gasteiger partial charge in [0.1, 0.15) is 11.6 Å². The van der Waals surface area contributed by atoms with Crippen LogP contribution < -0.4 is 4.74 Å². The fourth-order valence-electron chi connectivity index (χ4n) is 3.90. The Morgan fingerprint density at radius 3 is 2.83 bits per heavy atom. The van der Waals surface area contributed by atoms with Crippen LogP contribution in [0.3, 0.4) is 0 Å². The lowest BCUT2D eigenvalue weighted by molar-refractivity contribution is -0.143. The lowest BCUT2D eigenvalue weighted by atomic mass is 9.87. The van der Waals surface area contributed by atoms with Crippen molar-refractivity contribution in [2.24, 2.45) is 5.92 Å². The second-order valence-electron chi connectivity index (χ2n) is 7.30. The van der Waals surface area contributed by atoms with Gasteiger partial charge >= 0.3 is 5.97 Å². The number of nitrogens with zero attached hydrogens (tertiary/aromatic N) is 3. The minimum atomic E-state index is -0.730. The molecule has 4 aromatic rings. The lowest BCUT2D eigenvalue weighted by Crippen LogP contribution is -2.28. The van der Waals surface area contributed by atoms with Crippen molar-refractivity contribution < 1.29 is 14.6 Å². The summed E-state index contributed by atoms with van der Waals surface area (Å²) in [7, 11) is 0. The minimum absolute atomic E-state index is 0.0548. The zero-order valence-electron chi connectivity index (χ0n) is 15.4. The smallest absolute Gasteiger partial charge is 0.306 e. The fraction of sp³-hybridized carbons (Fsp3) is 0.300. The van der Waals surface area contributed by atoms with Crippen LogP contribution in [0.1, 0.15) is 25.7 Å². The van der Waals surface area contributed by atoms with Crippen LogP contribution in [0.5, 0.6) is 6.01 Å². The molecular formula is C20H18ClN5O3. The van der Waals surface area contributed by atoms with E-state index in [4.69, 9.17) is 21.4 Å².